The SMILES string of the molecule is O=C(Nc1ccc(C(=O)O)nc1)c1ccc(F)c(Cl)c1. The summed E-state index contributed by atoms with van der Waals surface area (Å²) in [5.74, 6) is -2.28. The Bertz CT molecular complexity index is 674. The van der Waals surface area contributed by atoms with Gasteiger partial charge in [0, 0.05) is 5.56 Å². The van der Waals surface area contributed by atoms with Crippen LogP contribution in [0.25, 0.3) is 0 Å². The minimum absolute atomic E-state index is 0.132. The van der Waals surface area contributed by atoms with E-state index in [0.29, 0.717) is 5.69 Å². The van der Waals surface area contributed by atoms with Crippen LogP contribution in [0.1, 0.15) is 20.8 Å². The summed E-state index contributed by atoms with van der Waals surface area (Å²) in [6.45, 7) is 0. The fraction of sp³-hybridized carbons (Fsp3) is 0. The quantitative estimate of drug-likeness (QED) is 0.912. The van der Waals surface area contributed by atoms with Crippen molar-refractivity contribution >= 4 is 29.2 Å². The van der Waals surface area contributed by atoms with Crippen molar-refractivity contribution in [1.29, 1.82) is 0 Å². The van der Waals surface area contributed by atoms with Gasteiger partial charge in [0.15, 0.2) is 0 Å². The number of aromatic carboxylic acids is 1. The summed E-state index contributed by atoms with van der Waals surface area (Å²) in [6.07, 6.45) is 1.21. The maximum atomic E-state index is 13.0. The number of nitrogens with one attached hydrogen (secondary N) is 1. The van der Waals surface area contributed by atoms with Crippen LogP contribution in [0.3, 0.4) is 0 Å². The summed E-state index contributed by atoms with van der Waals surface area (Å²) < 4.78 is 13.0. The van der Waals surface area contributed by atoms with Crippen molar-refractivity contribution in [3.8, 4) is 0 Å². The molecule has 2 N–H and O–H groups in total. The summed E-state index contributed by atoms with van der Waals surface area (Å²) in [4.78, 5) is 26.1. The maximum Gasteiger partial charge on any atom is 0.354 e. The molecule has 0 aliphatic rings. The molecule has 20 heavy (non-hydrogen) atoms. The highest BCUT2D eigenvalue weighted by Gasteiger charge is 2.10. The first-order valence-corrected chi connectivity index (χ1v) is 5.81. The van der Waals surface area contributed by atoms with Crippen LogP contribution in [0.4, 0.5) is 10.1 Å². The van der Waals surface area contributed by atoms with Gasteiger partial charge in [0.25, 0.3) is 5.91 Å². The van der Waals surface area contributed by atoms with Crippen LogP contribution in [-0.4, -0.2) is 22.0 Å². The monoisotopic (exact) mass is 294 g/mol. The fourth-order valence-corrected chi connectivity index (χ4v) is 1.62. The normalized spacial score (nSPS) is 10.1. The summed E-state index contributed by atoms with van der Waals surface area (Å²) in [6, 6.07) is 6.24. The first-order valence-electron chi connectivity index (χ1n) is 5.43. The average Bonchev–Trinajstić information content (AvgIpc) is 2.42. The van der Waals surface area contributed by atoms with E-state index in [4.69, 9.17) is 16.7 Å². The van der Waals surface area contributed by atoms with Crippen molar-refractivity contribution < 1.29 is 19.1 Å². The van der Waals surface area contributed by atoms with Crippen LogP contribution in [0.15, 0.2) is 36.5 Å². The van der Waals surface area contributed by atoms with Gasteiger partial charge in [-0.05, 0) is 30.3 Å². The zero-order chi connectivity index (χ0) is 14.7. The molecule has 0 radical (unpaired) electrons. The minimum Gasteiger partial charge on any atom is -0.477 e. The standard InChI is InChI=1S/C13H8ClFN2O3/c14-9-5-7(1-3-10(9)15)12(18)17-8-2-4-11(13(19)20)16-6-8/h1-6H,(H,17,18)(H,19,20). The van der Waals surface area contributed by atoms with Crippen molar-refractivity contribution in [2.24, 2.45) is 0 Å². The number of carbonyl (C=O) groups excluding carboxylic acids is 1. The van der Waals surface area contributed by atoms with Crippen LogP contribution in [0.5, 0.6) is 0 Å². The van der Waals surface area contributed by atoms with E-state index >= 15 is 0 Å². The van der Waals surface area contributed by atoms with Crippen molar-refractivity contribution in [2.75, 3.05) is 5.32 Å². The van der Waals surface area contributed by atoms with Gasteiger partial charge in [0.1, 0.15) is 11.5 Å². The molecule has 0 saturated heterocycles. The third kappa shape index (κ3) is 3.10. The number of anilines is 1. The number of carboxylic acid groups (broad SMARTS) is 1. The second-order valence-corrected chi connectivity index (χ2v) is 4.23. The minimum atomic E-state index is -1.16. The predicted octanol–water partition coefficient (Wildman–Crippen LogP) is 2.82. The number of aromatic nitrogens is 1. The zero-order valence-corrected chi connectivity index (χ0v) is 10.7. The number of hydrogen-bond acceptors (Lipinski definition) is 3. The Balaban J connectivity index is 2.14. The summed E-state index contributed by atoms with van der Waals surface area (Å²) in [5.41, 5.74) is 0.368. The number of carboxylic acids is 1. The Hall–Kier alpha value is -2.47. The van der Waals surface area contributed by atoms with Gasteiger partial charge in [0.05, 0.1) is 16.9 Å². The molecule has 0 spiro atoms. The lowest BCUT2D eigenvalue weighted by Gasteiger charge is -2.05. The first kappa shape index (κ1) is 14.0. The number of benzene rings is 1. The Kier molecular flexibility index (Phi) is 3.95. The number of pyridine rings is 1. The molecule has 1 aromatic carbocycles. The third-order valence-electron chi connectivity index (χ3n) is 2.42. The van der Waals surface area contributed by atoms with Gasteiger partial charge in [-0.3, -0.25) is 4.79 Å². The van der Waals surface area contributed by atoms with Gasteiger partial charge in [-0.1, -0.05) is 11.6 Å². The predicted molar refractivity (Wildman–Crippen MR) is 70.6 cm³/mol. The highest BCUT2D eigenvalue weighted by Crippen LogP contribution is 2.17. The van der Waals surface area contributed by atoms with Crippen molar-refractivity contribution in [3.63, 3.8) is 0 Å². The second kappa shape index (κ2) is 5.66. The molecule has 0 bridgehead atoms. The van der Waals surface area contributed by atoms with E-state index in [9.17, 15) is 14.0 Å². The molecule has 1 aromatic heterocycles. The van der Waals surface area contributed by atoms with E-state index in [2.05, 4.69) is 10.3 Å². The molecule has 2 aromatic rings. The number of halogens is 2. The number of nitrogens with zero attached hydrogens (tertiary/aromatic N) is 1. The fourth-order valence-electron chi connectivity index (χ4n) is 1.43. The van der Waals surface area contributed by atoms with E-state index in [0.717, 1.165) is 6.07 Å². The molecule has 102 valence electrons. The Morgan fingerprint density at radius 2 is 2.00 bits per heavy atom. The van der Waals surface area contributed by atoms with Gasteiger partial charge in [-0.25, -0.2) is 14.2 Å². The third-order valence-corrected chi connectivity index (χ3v) is 2.71. The van der Waals surface area contributed by atoms with E-state index in [1.54, 1.807) is 0 Å². The smallest absolute Gasteiger partial charge is 0.354 e. The summed E-state index contributed by atoms with van der Waals surface area (Å²) in [5, 5.41) is 11.0. The first-order chi connectivity index (χ1) is 9.47. The summed E-state index contributed by atoms with van der Waals surface area (Å²) >= 11 is 5.58. The molecule has 7 heteroatoms. The second-order valence-electron chi connectivity index (χ2n) is 3.82. The molecule has 5 nitrogen and oxygen atoms in total. The molecular weight excluding hydrogens is 287 g/mol. The molecule has 0 saturated carbocycles. The van der Waals surface area contributed by atoms with Gasteiger partial charge in [-0.15, -0.1) is 0 Å². The molecule has 1 heterocycles. The zero-order valence-electron chi connectivity index (χ0n) is 9.93. The van der Waals surface area contributed by atoms with Crippen LogP contribution in [0, 0.1) is 5.82 Å². The lowest BCUT2D eigenvalue weighted by Crippen LogP contribution is -2.12. The number of carbonyl (C=O) groups is 2. The van der Waals surface area contributed by atoms with Crippen LogP contribution < -0.4 is 5.32 Å². The van der Waals surface area contributed by atoms with Gasteiger partial charge < -0.3 is 10.4 Å². The molecule has 2 rings (SSSR count). The molecule has 0 fully saturated rings. The molecule has 0 aliphatic heterocycles. The van der Waals surface area contributed by atoms with E-state index in [-0.39, 0.29) is 16.3 Å². The van der Waals surface area contributed by atoms with Crippen molar-refractivity contribution in [2.45, 2.75) is 0 Å². The summed E-state index contributed by atoms with van der Waals surface area (Å²) in [7, 11) is 0. The Labute approximate surface area is 118 Å². The van der Waals surface area contributed by atoms with E-state index < -0.39 is 17.7 Å². The van der Waals surface area contributed by atoms with Crippen molar-refractivity contribution in [1.82, 2.24) is 4.98 Å². The van der Waals surface area contributed by atoms with Crippen LogP contribution in [0.2, 0.25) is 5.02 Å². The Morgan fingerprint density at radius 3 is 2.55 bits per heavy atom. The van der Waals surface area contributed by atoms with Crippen LogP contribution in [-0.2, 0) is 0 Å². The molecule has 0 aliphatic carbocycles. The average molecular weight is 295 g/mol. The Morgan fingerprint density at radius 1 is 1.25 bits per heavy atom. The molecule has 0 unspecified atom stereocenters. The lowest BCUT2D eigenvalue weighted by atomic mass is 10.2. The van der Waals surface area contributed by atoms with Gasteiger partial charge >= 0.3 is 5.97 Å². The van der Waals surface area contributed by atoms with E-state index in [1.807, 2.05) is 0 Å². The largest absolute Gasteiger partial charge is 0.477 e. The highest BCUT2D eigenvalue weighted by atomic mass is 35.5. The topological polar surface area (TPSA) is 79.3 Å². The highest BCUT2D eigenvalue weighted by molar-refractivity contribution is 6.31. The van der Waals surface area contributed by atoms with Crippen molar-refractivity contribution in [3.05, 3.63) is 58.6 Å². The van der Waals surface area contributed by atoms with E-state index in [1.165, 1.54) is 30.5 Å². The van der Waals surface area contributed by atoms with Gasteiger partial charge in [0.2, 0.25) is 0 Å². The number of amides is 1. The number of rotatable bonds is 3. The lowest BCUT2D eigenvalue weighted by molar-refractivity contribution is 0.0690. The van der Waals surface area contributed by atoms with Gasteiger partial charge in [-0.2, -0.15) is 0 Å². The molecular formula is C13H8ClFN2O3. The molecule has 1 amide bonds. The number of hydrogen-bond donors (Lipinski definition) is 2. The van der Waals surface area contributed by atoms with Crippen LogP contribution >= 0.6 is 11.6 Å². The maximum absolute atomic E-state index is 13.0. The molecule has 0 atom stereocenters.